The van der Waals surface area contributed by atoms with Gasteiger partial charge in [0.15, 0.2) is 12.0 Å². The van der Waals surface area contributed by atoms with Crippen molar-refractivity contribution in [3.8, 4) is 0 Å². The zero-order valence-corrected chi connectivity index (χ0v) is 10.5. The molecule has 7 nitrogen and oxygen atoms in total. The Hall–Kier alpha value is -2.83. The summed E-state index contributed by atoms with van der Waals surface area (Å²) in [6, 6.07) is 5.57. The maximum atomic E-state index is 11.6. The number of hydrogen-bond donors (Lipinski definition) is 0. The molecule has 0 aliphatic rings. The third-order valence-electron chi connectivity index (χ3n) is 2.34. The average molecular weight is 278 g/mol. The molecule has 0 aliphatic carbocycles. The SMILES string of the molecule is COC(=O)c1ccc(C(=O)OCc2ccc(C=O)o2)o1. The van der Waals surface area contributed by atoms with E-state index in [-0.39, 0.29) is 23.9 Å². The minimum Gasteiger partial charge on any atom is -0.463 e. The Labute approximate surface area is 113 Å². The van der Waals surface area contributed by atoms with Gasteiger partial charge in [0.1, 0.15) is 12.4 Å². The minimum absolute atomic E-state index is 0.0966. The van der Waals surface area contributed by atoms with Gasteiger partial charge in [0.25, 0.3) is 0 Å². The summed E-state index contributed by atoms with van der Waals surface area (Å²) < 4.78 is 19.4. The summed E-state index contributed by atoms with van der Waals surface area (Å²) in [6.45, 7) is -0.152. The molecule has 2 heterocycles. The van der Waals surface area contributed by atoms with Crippen molar-refractivity contribution in [1.82, 2.24) is 0 Å². The summed E-state index contributed by atoms with van der Waals surface area (Å²) in [7, 11) is 1.20. The molecule has 0 atom stereocenters. The fourth-order valence-electron chi connectivity index (χ4n) is 1.40. The van der Waals surface area contributed by atoms with Crippen LogP contribution in [0.2, 0.25) is 0 Å². The molecule has 0 radical (unpaired) electrons. The van der Waals surface area contributed by atoms with Crippen LogP contribution in [0.15, 0.2) is 33.1 Å². The lowest BCUT2D eigenvalue weighted by Crippen LogP contribution is -2.04. The van der Waals surface area contributed by atoms with Crippen molar-refractivity contribution in [1.29, 1.82) is 0 Å². The molecule has 7 heteroatoms. The van der Waals surface area contributed by atoms with E-state index in [9.17, 15) is 14.4 Å². The molecule has 2 rings (SSSR count). The number of furan rings is 2. The van der Waals surface area contributed by atoms with Crippen molar-refractivity contribution in [2.75, 3.05) is 7.11 Å². The topological polar surface area (TPSA) is 96.0 Å². The third kappa shape index (κ3) is 2.94. The second kappa shape index (κ2) is 5.87. The number of aldehydes is 1. The van der Waals surface area contributed by atoms with Crippen LogP contribution in [0.4, 0.5) is 0 Å². The molecule has 20 heavy (non-hydrogen) atoms. The van der Waals surface area contributed by atoms with Crippen LogP contribution in [-0.4, -0.2) is 25.3 Å². The second-order valence-electron chi connectivity index (χ2n) is 3.65. The van der Waals surface area contributed by atoms with Gasteiger partial charge >= 0.3 is 11.9 Å². The van der Waals surface area contributed by atoms with Crippen molar-refractivity contribution >= 4 is 18.2 Å². The summed E-state index contributed by atoms with van der Waals surface area (Å²) in [5, 5.41) is 0. The van der Waals surface area contributed by atoms with Crippen molar-refractivity contribution in [2.45, 2.75) is 6.61 Å². The summed E-state index contributed by atoms with van der Waals surface area (Å²) in [6.07, 6.45) is 0.542. The summed E-state index contributed by atoms with van der Waals surface area (Å²) in [5.74, 6) is -1.22. The Balaban J connectivity index is 1.96. The predicted molar refractivity (Wildman–Crippen MR) is 63.3 cm³/mol. The molecule has 104 valence electrons. The highest BCUT2D eigenvalue weighted by Gasteiger charge is 2.17. The first-order valence-corrected chi connectivity index (χ1v) is 5.53. The van der Waals surface area contributed by atoms with Crippen LogP contribution in [0.1, 0.15) is 37.4 Å². The van der Waals surface area contributed by atoms with E-state index in [1.54, 1.807) is 0 Å². The Morgan fingerprint density at radius 2 is 1.80 bits per heavy atom. The zero-order valence-electron chi connectivity index (χ0n) is 10.5. The van der Waals surface area contributed by atoms with Crippen LogP contribution in [0.25, 0.3) is 0 Å². The van der Waals surface area contributed by atoms with E-state index < -0.39 is 11.9 Å². The molecule has 0 bridgehead atoms. The molecule has 0 saturated carbocycles. The lowest BCUT2D eigenvalue weighted by molar-refractivity contribution is 0.0401. The average Bonchev–Trinajstić information content (AvgIpc) is 3.12. The number of hydrogen-bond acceptors (Lipinski definition) is 7. The molecule has 0 fully saturated rings. The Morgan fingerprint density at radius 3 is 2.40 bits per heavy atom. The van der Waals surface area contributed by atoms with Crippen molar-refractivity contribution in [3.63, 3.8) is 0 Å². The quantitative estimate of drug-likeness (QED) is 0.608. The molecule has 0 amide bonds. The van der Waals surface area contributed by atoms with Crippen molar-refractivity contribution in [2.24, 2.45) is 0 Å². The second-order valence-corrected chi connectivity index (χ2v) is 3.65. The van der Waals surface area contributed by atoms with Crippen LogP contribution in [-0.2, 0) is 16.1 Å². The monoisotopic (exact) mass is 278 g/mol. The number of esters is 2. The lowest BCUT2D eigenvalue weighted by atomic mass is 10.4. The Kier molecular flexibility index (Phi) is 3.99. The molecule has 2 aromatic heterocycles. The summed E-state index contributed by atoms with van der Waals surface area (Å²) >= 11 is 0. The van der Waals surface area contributed by atoms with Gasteiger partial charge in [-0.15, -0.1) is 0 Å². The standard InChI is InChI=1S/C13H10O7/c1-17-12(15)10-4-5-11(20-10)13(16)18-7-9-3-2-8(6-14)19-9/h2-6H,7H2,1H3. The molecule has 0 N–H and O–H groups in total. The fourth-order valence-corrected chi connectivity index (χ4v) is 1.40. The van der Waals surface area contributed by atoms with E-state index in [0.29, 0.717) is 12.0 Å². The van der Waals surface area contributed by atoms with Gasteiger partial charge in [0.05, 0.1) is 7.11 Å². The van der Waals surface area contributed by atoms with Gasteiger partial charge in [0, 0.05) is 0 Å². The van der Waals surface area contributed by atoms with E-state index in [1.165, 1.54) is 31.4 Å². The van der Waals surface area contributed by atoms with Gasteiger partial charge in [-0.05, 0) is 24.3 Å². The first-order chi connectivity index (χ1) is 9.63. The number of carbonyl (C=O) groups excluding carboxylic acids is 3. The highest BCUT2D eigenvalue weighted by atomic mass is 16.6. The molecule has 2 aromatic rings. The minimum atomic E-state index is -0.760. The van der Waals surface area contributed by atoms with E-state index >= 15 is 0 Å². The van der Waals surface area contributed by atoms with Gasteiger partial charge in [0.2, 0.25) is 11.5 Å². The van der Waals surface area contributed by atoms with Crippen LogP contribution < -0.4 is 0 Å². The fraction of sp³-hybridized carbons (Fsp3) is 0.154. The van der Waals surface area contributed by atoms with Gasteiger partial charge in [-0.3, -0.25) is 4.79 Å². The van der Waals surface area contributed by atoms with E-state index in [1.807, 2.05) is 0 Å². The molecule has 0 spiro atoms. The number of methoxy groups -OCH3 is 1. The molecule has 0 aliphatic heterocycles. The first kappa shape index (κ1) is 13.6. The van der Waals surface area contributed by atoms with Crippen LogP contribution in [0.5, 0.6) is 0 Å². The predicted octanol–water partition coefficient (Wildman–Crippen LogP) is 1.83. The summed E-state index contributed by atoms with van der Waals surface area (Å²) in [5.41, 5.74) is 0. The smallest absolute Gasteiger partial charge is 0.374 e. The van der Waals surface area contributed by atoms with Crippen LogP contribution >= 0.6 is 0 Å². The van der Waals surface area contributed by atoms with Gasteiger partial charge in [-0.1, -0.05) is 0 Å². The largest absolute Gasteiger partial charge is 0.463 e. The molecule has 0 unspecified atom stereocenters. The highest BCUT2D eigenvalue weighted by Crippen LogP contribution is 2.12. The molecular weight excluding hydrogens is 268 g/mol. The van der Waals surface area contributed by atoms with E-state index in [0.717, 1.165) is 0 Å². The maximum absolute atomic E-state index is 11.6. The third-order valence-corrected chi connectivity index (χ3v) is 2.34. The van der Waals surface area contributed by atoms with Crippen molar-refractivity contribution < 1.29 is 32.7 Å². The molecular formula is C13H10O7. The first-order valence-electron chi connectivity index (χ1n) is 5.53. The zero-order chi connectivity index (χ0) is 14.5. The number of carbonyl (C=O) groups is 3. The van der Waals surface area contributed by atoms with Gasteiger partial charge < -0.3 is 18.3 Å². The van der Waals surface area contributed by atoms with E-state index in [4.69, 9.17) is 13.6 Å². The Bertz CT molecular complexity index is 635. The summed E-state index contributed by atoms with van der Waals surface area (Å²) in [4.78, 5) is 33.2. The molecule has 0 saturated heterocycles. The van der Waals surface area contributed by atoms with E-state index in [2.05, 4.69) is 4.74 Å². The normalized spacial score (nSPS) is 10.1. The Morgan fingerprint density at radius 1 is 1.10 bits per heavy atom. The number of rotatable bonds is 5. The van der Waals surface area contributed by atoms with Crippen LogP contribution in [0.3, 0.4) is 0 Å². The lowest BCUT2D eigenvalue weighted by Gasteiger charge is -1.99. The van der Waals surface area contributed by atoms with Gasteiger partial charge in [-0.2, -0.15) is 0 Å². The highest BCUT2D eigenvalue weighted by molar-refractivity contribution is 5.90. The molecule has 0 aromatic carbocycles. The van der Waals surface area contributed by atoms with Crippen LogP contribution in [0, 0.1) is 0 Å². The van der Waals surface area contributed by atoms with Gasteiger partial charge in [-0.25, -0.2) is 9.59 Å². The number of ether oxygens (including phenoxy) is 2. The maximum Gasteiger partial charge on any atom is 0.374 e. The van der Waals surface area contributed by atoms with Crippen molar-refractivity contribution in [3.05, 3.63) is 47.3 Å².